The van der Waals surface area contributed by atoms with Crippen molar-refractivity contribution in [3.05, 3.63) is 53.6 Å². The van der Waals surface area contributed by atoms with Crippen molar-refractivity contribution in [2.24, 2.45) is 10.7 Å². The maximum absolute atomic E-state index is 5.96. The number of methoxy groups -OCH3 is 1. The van der Waals surface area contributed by atoms with Crippen LogP contribution in [0.4, 0.5) is 5.69 Å². The van der Waals surface area contributed by atoms with Gasteiger partial charge in [-0.1, -0.05) is 18.2 Å². The molecule has 2 rings (SSSR count). The molecule has 0 atom stereocenters. The number of nitrogens with one attached hydrogen (secondary N) is 1. The molecule has 0 amide bonds. The molecule has 0 aromatic heterocycles. The predicted octanol–water partition coefficient (Wildman–Crippen LogP) is 3.65. The van der Waals surface area contributed by atoms with Crippen LogP contribution in [0.5, 0.6) is 5.75 Å². The Morgan fingerprint density at radius 3 is 2.82 bits per heavy atom. The second-order valence-corrected chi connectivity index (χ2v) is 5.72. The van der Waals surface area contributed by atoms with E-state index in [4.69, 9.17) is 10.5 Å². The molecular formula is C17H21N3OS. The molecule has 4 nitrogen and oxygen atoms in total. The number of aryl methyl sites for hydroxylation is 1. The number of anilines is 1. The molecular weight excluding hydrogens is 294 g/mol. The number of hydrogen-bond acceptors (Lipinski definition) is 3. The van der Waals surface area contributed by atoms with E-state index in [1.54, 1.807) is 18.9 Å². The molecule has 0 aliphatic carbocycles. The first-order valence-corrected chi connectivity index (χ1v) is 8.19. The molecule has 0 bridgehead atoms. The van der Waals surface area contributed by atoms with E-state index >= 15 is 0 Å². The first-order chi connectivity index (χ1) is 10.6. The number of nitrogens with two attached hydrogens (primary N) is 1. The minimum absolute atomic E-state index is 0.390. The first kappa shape index (κ1) is 16.2. The van der Waals surface area contributed by atoms with Crippen LogP contribution in [0.2, 0.25) is 0 Å². The number of hydrogen-bond donors (Lipinski definition) is 2. The van der Waals surface area contributed by atoms with Crippen LogP contribution in [0.25, 0.3) is 0 Å². The van der Waals surface area contributed by atoms with E-state index in [1.807, 2.05) is 24.3 Å². The van der Waals surface area contributed by atoms with Crippen molar-refractivity contribution >= 4 is 23.4 Å². The van der Waals surface area contributed by atoms with Gasteiger partial charge in [0.2, 0.25) is 0 Å². The molecule has 0 heterocycles. The van der Waals surface area contributed by atoms with E-state index in [1.165, 1.54) is 16.0 Å². The fourth-order valence-electron chi connectivity index (χ4n) is 2.04. The van der Waals surface area contributed by atoms with Gasteiger partial charge in [0.1, 0.15) is 5.75 Å². The Balaban J connectivity index is 2.06. The Morgan fingerprint density at radius 1 is 1.27 bits per heavy atom. The molecule has 0 saturated carbocycles. The third-order valence-corrected chi connectivity index (χ3v) is 4.02. The fraction of sp³-hybridized carbons (Fsp3) is 0.235. The predicted molar refractivity (Wildman–Crippen MR) is 94.9 cm³/mol. The smallest absolute Gasteiger partial charge is 0.193 e. The summed E-state index contributed by atoms with van der Waals surface area (Å²) in [5.74, 6) is 1.17. The van der Waals surface area contributed by atoms with Gasteiger partial charge in [-0.2, -0.15) is 0 Å². The lowest BCUT2D eigenvalue weighted by molar-refractivity contribution is 0.415. The summed E-state index contributed by atoms with van der Waals surface area (Å²) in [6.07, 6.45) is 2.07. The first-order valence-electron chi connectivity index (χ1n) is 6.97. The van der Waals surface area contributed by atoms with Gasteiger partial charge in [0, 0.05) is 16.6 Å². The molecule has 3 N–H and O–H groups in total. The van der Waals surface area contributed by atoms with Crippen LogP contribution in [0.3, 0.4) is 0 Å². The topological polar surface area (TPSA) is 59.6 Å². The maximum Gasteiger partial charge on any atom is 0.193 e. The van der Waals surface area contributed by atoms with E-state index in [0.29, 0.717) is 12.5 Å². The zero-order valence-electron chi connectivity index (χ0n) is 13.1. The van der Waals surface area contributed by atoms with Crippen LogP contribution in [0.1, 0.15) is 11.1 Å². The van der Waals surface area contributed by atoms with E-state index < -0.39 is 0 Å². The normalized spacial score (nSPS) is 11.3. The van der Waals surface area contributed by atoms with Crippen LogP contribution in [0.15, 0.2) is 52.4 Å². The summed E-state index contributed by atoms with van der Waals surface area (Å²) in [7, 11) is 1.64. The van der Waals surface area contributed by atoms with Gasteiger partial charge in [0.15, 0.2) is 5.96 Å². The lowest BCUT2D eigenvalue weighted by atomic mass is 10.1. The Hall–Kier alpha value is -2.14. The Labute approximate surface area is 135 Å². The highest BCUT2D eigenvalue weighted by molar-refractivity contribution is 7.98. The summed E-state index contributed by atoms with van der Waals surface area (Å²) in [5, 5.41) is 3.08. The van der Waals surface area contributed by atoms with Crippen LogP contribution in [0, 0.1) is 6.92 Å². The number of guanidine groups is 1. The summed E-state index contributed by atoms with van der Waals surface area (Å²) in [6, 6.07) is 13.9. The molecule has 0 unspecified atom stereocenters. The van der Waals surface area contributed by atoms with Crippen molar-refractivity contribution in [1.29, 1.82) is 0 Å². The molecule has 0 radical (unpaired) electrons. The van der Waals surface area contributed by atoms with Gasteiger partial charge in [-0.3, -0.25) is 0 Å². The van der Waals surface area contributed by atoms with Crippen molar-refractivity contribution < 1.29 is 4.74 Å². The Kier molecular flexibility index (Phi) is 5.72. The van der Waals surface area contributed by atoms with E-state index in [2.05, 4.69) is 41.7 Å². The van der Waals surface area contributed by atoms with Crippen molar-refractivity contribution in [3.63, 3.8) is 0 Å². The lowest BCUT2D eigenvalue weighted by Gasteiger charge is -2.09. The highest BCUT2D eigenvalue weighted by Crippen LogP contribution is 2.22. The Bertz CT molecular complexity index is 671. The Morgan fingerprint density at radius 2 is 2.09 bits per heavy atom. The molecule has 5 heteroatoms. The average Bonchev–Trinajstić information content (AvgIpc) is 2.53. The minimum atomic E-state index is 0.390. The van der Waals surface area contributed by atoms with E-state index in [9.17, 15) is 0 Å². The number of aliphatic imine (C=N–C) groups is 1. The molecule has 0 fully saturated rings. The van der Waals surface area contributed by atoms with Gasteiger partial charge in [-0.25, -0.2) is 4.99 Å². The van der Waals surface area contributed by atoms with Crippen LogP contribution in [-0.4, -0.2) is 19.3 Å². The van der Waals surface area contributed by atoms with E-state index in [-0.39, 0.29) is 0 Å². The molecule has 0 spiro atoms. The maximum atomic E-state index is 5.96. The molecule has 22 heavy (non-hydrogen) atoms. The third kappa shape index (κ3) is 4.43. The average molecular weight is 315 g/mol. The highest BCUT2D eigenvalue weighted by Gasteiger charge is 2.02. The van der Waals surface area contributed by atoms with Crippen molar-refractivity contribution in [2.45, 2.75) is 18.4 Å². The number of benzene rings is 2. The quantitative estimate of drug-likeness (QED) is 0.502. The monoisotopic (exact) mass is 315 g/mol. The summed E-state index contributed by atoms with van der Waals surface area (Å²) < 4.78 is 5.18. The van der Waals surface area contributed by atoms with Crippen LogP contribution in [-0.2, 0) is 6.54 Å². The van der Waals surface area contributed by atoms with Crippen molar-refractivity contribution in [1.82, 2.24) is 0 Å². The summed E-state index contributed by atoms with van der Waals surface area (Å²) in [6.45, 7) is 2.64. The zero-order valence-corrected chi connectivity index (χ0v) is 13.9. The highest BCUT2D eigenvalue weighted by atomic mass is 32.2. The van der Waals surface area contributed by atoms with Gasteiger partial charge in [0.05, 0.1) is 13.7 Å². The SMILES string of the molecule is COc1cccc(NC(N)=NCc2ccc(C)cc2SC)c1. The van der Waals surface area contributed by atoms with Crippen LogP contribution >= 0.6 is 11.8 Å². The number of ether oxygens (including phenoxy) is 1. The molecule has 0 aliphatic rings. The van der Waals surface area contributed by atoms with Gasteiger partial charge >= 0.3 is 0 Å². The number of thioether (sulfide) groups is 1. The molecule has 116 valence electrons. The van der Waals surface area contributed by atoms with Gasteiger partial charge in [-0.15, -0.1) is 11.8 Å². The summed E-state index contributed by atoms with van der Waals surface area (Å²) >= 11 is 1.72. The minimum Gasteiger partial charge on any atom is -0.497 e. The van der Waals surface area contributed by atoms with Gasteiger partial charge < -0.3 is 15.8 Å². The third-order valence-electron chi connectivity index (χ3n) is 3.20. The zero-order chi connectivity index (χ0) is 15.9. The molecule has 0 saturated heterocycles. The van der Waals surface area contributed by atoms with E-state index in [0.717, 1.165) is 11.4 Å². The molecule has 0 aliphatic heterocycles. The van der Waals surface area contributed by atoms with Crippen molar-refractivity contribution in [3.8, 4) is 5.75 Å². The van der Waals surface area contributed by atoms with Crippen molar-refractivity contribution in [2.75, 3.05) is 18.7 Å². The number of rotatable bonds is 5. The summed E-state index contributed by atoms with van der Waals surface area (Å²) in [4.78, 5) is 5.65. The second kappa shape index (κ2) is 7.75. The molecule has 2 aromatic rings. The standard InChI is InChI=1S/C17H21N3OS/c1-12-7-8-13(16(9-12)22-3)11-19-17(18)20-14-5-4-6-15(10-14)21-2/h4-10H,11H2,1-3H3,(H3,18,19,20). The fourth-order valence-corrected chi connectivity index (χ4v) is 2.74. The summed E-state index contributed by atoms with van der Waals surface area (Å²) in [5.41, 5.74) is 9.24. The van der Waals surface area contributed by atoms with Gasteiger partial charge in [-0.05, 0) is 42.5 Å². The molecule has 2 aromatic carbocycles. The lowest BCUT2D eigenvalue weighted by Crippen LogP contribution is -2.22. The second-order valence-electron chi connectivity index (χ2n) is 4.87. The van der Waals surface area contributed by atoms with Gasteiger partial charge in [0.25, 0.3) is 0 Å². The number of nitrogens with zero attached hydrogens (tertiary/aromatic N) is 1. The van der Waals surface area contributed by atoms with Crippen LogP contribution < -0.4 is 15.8 Å². The largest absolute Gasteiger partial charge is 0.497 e.